The van der Waals surface area contributed by atoms with Crippen LogP contribution in [-0.4, -0.2) is 49.7 Å². The Labute approximate surface area is 124 Å². The normalized spacial score (nSPS) is 20.4. The smallest absolute Gasteiger partial charge is 0.172 e. The summed E-state index contributed by atoms with van der Waals surface area (Å²) in [4.78, 5) is 4.48. The van der Waals surface area contributed by atoms with Crippen molar-refractivity contribution in [2.24, 2.45) is 16.8 Å². The van der Waals surface area contributed by atoms with Crippen molar-refractivity contribution in [3.63, 3.8) is 0 Å². The average molecular weight is 297 g/mol. The van der Waals surface area contributed by atoms with E-state index < -0.39 is 0 Å². The zero-order valence-electron chi connectivity index (χ0n) is 11.9. The van der Waals surface area contributed by atoms with Crippen molar-refractivity contribution >= 4 is 23.1 Å². The van der Waals surface area contributed by atoms with Crippen molar-refractivity contribution in [3.8, 4) is 0 Å². The fraction of sp³-hybridized carbons (Fsp3) is 0.500. The molecular weight excluding hydrogens is 276 g/mol. The van der Waals surface area contributed by atoms with Crippen LogP contribution in [0.3, 0.4) is 0 Å². The van der Waals surface area contributed by atoms with Crippen LogP contribution in [0.5, 0.6) is 0 Å². The molecule has 0 saturated carbocycles. The van der Waals surface area contributed by atoms with Gasteiger partial charge in [-0.2, -0.15) is 0 Å². The summed E-state index contributed by atoms with van der Waals surface area (Å²) in [6.45, 7) is 3.20. The molecule has 3 N–H and O–H groups in total. The zero-order valence-corrected chi connectivity index (χ0v) is 12.6. The molecule has 20 heavy (non-hydrogen) atoms. The molecule has 0 amide bonds. The fourth-order valence-corrected chi connectivity index (χ4v) is 2.93. The molecule has 1 unspecified atom stereocenters. The first-order chi connectivity index (χ1) is 9.51. The fourth-order valence-electron chi connectivity index (χ4n) is 2.76. The summed E-state index contributed by atoms with van der Waals surface area (Å²) in [6, 6.07) is 5.46. The Morgan fingerprint density at radius 3 is 2.95 bits per heavy atom. The molecule has 0 bridgehead atoms. The highest BCUT2D eigenvalue weighted by Gasteiger charge is 2.22. The Balaban J connectivity index is 2.18. The van der Waals surface area contributed by atoms with Crippen LogP contribution in [0.2, 0.25) is 5.02 Å². The number of rotatable bonds is 4. The van der Waals surface area contributed by atoms with Crippen LogP contribution in [0, 0.1) is 5.92 Å². The number of halogens is 1. The molecule has 0 radical (unpaired) electrons. The van der Waals surface area contributed by atoms with Crippen molar-refractivity contribution in [2.75, 3.05) is 38.6 Å². The van der Waals surface area contributed by atoms with Gasteiger partial charge in [0.05, 0.1) is 0 Å². The molecule has 1 aromatic carbocycles. The van der Waals surface area contributed by atoms with Crippen LogP contribution < -0.4 is 10.6 Å². The van der Waals surface area contributed by atoms with Crippen molar-refractivity contribution in [2.45, 2.75) is 6.42 Å². The minimum absolute atomic E-state index is 0.0814. The van der Waals surface area contributed by atoms with E-state index >= 15 is 0 Å². The van der Waals surface area contributed by atoms with E-state index in [0.717, 1.165) is 25.3 Å². The van der Waals surface area contributed by atoms with Gasteiger partial charge in [0, 0.05) is 36.4 Å². The lowest BCUT2D eigenvalue weighted by atomic mass is 10.1. The molecule has 1 aromatic rings. The monoisotopic (exact) mass is 296 g/mol. The molecule has 1 aliphatic rings. The first-order valence-electron chi connectivity index (χ1n) is 6.68. The van der Waals surface area contributed by atoms with Crippen molar-refractivity contribution in [1.29, 1.82) is 0 Å². The van der Waals surface area contributed by atoms with Gasteiger partial charge >= 0.3 is 0 Å². The van der Waals surface area contributed by atoms with E-state index in [1.807, 2.05) is 19.2 Å². The van der Waals surface area contributed by atoms with Crippen molar-refractivity contribution < 1.29 is 5.21 Å². The van der Waals surface area contributed by atoms with Gasteiger partial charge in [0.15, 0.2) is 5.84 Å². The summed E-state index contributed by atoms with van der Waals surface area (Å²) < 4.78 is 0. The molecule has 0 spiro atoms. The number of hydrogen-bond acceptors (Lipinski definition) is 4. The quantitative estimate of drug-likeness (QED) is 0.385. The molecule has 0 aliphatic carbocycles. The molecule has 1 fully saturated rings. The van der Waals surface area contributed by atoms with Crippen LogP contribution in [0.1, 0.15) is 12.0 Å². The van der Waals surface area contributed by atoms with E-state index in [9.17, 15) is 0 Å². The topological polar surface area (TPSA) is 65.1 Å². The maximum atomic E-state index is 8.90. The maximum Gasteiger partial charge on any atom is 0.172 e. The van der Waals surface area contributed by atoms with E-state index in [2.05, 4.69) is 22.0 Å². The average Bonchev–Trinajstić information content (AvgIpc) is 2.82. The zero-order chi connectivity index (χ0) is 14.7. The minimum atomic E-state index is 0.0814. The van der Waals surface area contributed by atoms with Gasteiger partial charge in [-0.15, -0.1) is 0 Å². The molecule has 5 nitrogen and oxygen atoms in total. The predicted molar refractivity (Wildman–Crippen MR) is 82.8 cm³/mol. The third-order valence-electron chi connectivity index (χ3n) is 3.77. The molecule has 1 heterocycles. The van der Waals surface area contributed by atoms with Crippen LogP contribution in [0.15, 0.2) is 23.4 Å². The highest BCUT2D eigenvalue weighted by molar-refractivity contribution is 6.31. The van der Waals surface area contributed by atoms with Gasteiger partial charge in [-0.05, 0) is 44.1 Å². The Bertz CT molecular complexity index is 506. The summed E-state index contributed by atoms with van der Waals surface area (Å²) in [5, 5.41) is 12.6. The van der Waals surface area contributed by atoms with Crippen LogP contribution >= 0.6 is 11.6 Å². The van der Waals surface area contributed by atoms with Gasteiger partial charge in [0.2, 0.25) is 0 Å². The number of likely N-dealkylation sites (tertiary alicyclic amines) is 1. The number of benzene rings is 1. The molecule has 110 valence electrons. The van der Waals surface area contributed by atoms with Crippen LogP contribution in [0.25, 0.3) is 0 Å². The number of amidine groups is 1. The van der Waals surface area contributed by atoms with Crippen LogP contribution in [0.4, 0.5) is 5.69 Å². The molecule has 6 heteroatoms. The Morgan fingerprint density at radius 1 is 1.60 bits per heavy atom. The van der Waals surface area contributed by atoms with E-state index in [4.69, 9.17) is 22.5 Å². The van der Waals surface area contributed by atoms with Gasteiger partial charge in [0.1, 0.15) is 0 Å². The van der Waals surface area contributed by atoms with Gasteiger partial charge < -0.3 is 20.7 Å². The van der Waals surface area contributed by atoms with Crippen molar-refractivity contribution in [3.05, 3.63) is 28.8 Å². The summed E-state index contributed by atoms with van der Waals surface area (Å²) in [5.41, 5.74) is 7.33. The Morgan fingerprint density at radius 2 is 2.35 bits per heavy atom. The van der Waals surface area contributed by atoms with Crippen LogP contribution in [-0.2, 0) is 0 Å². The van der Waals surface area contributed by atoms with E-state index in [0.29, 0.717) is 16.5 Å². The largest absolute Gasteiger partial charge is 0.409 e. The number of hydrogen-bond donors (Lipinski definition) is 2. The lowest BCUT2D eigenvalue weighted by Gasteiger charge is -2.25. The second kappa shape index (κ2) is 6.33. The number of nitrogens with two attached hydrogens (primary N) is 1. The van der Waals surface area contributed by atoms with E-state index in [1.165, 1.54) is 6.42 Å². The van der Waals surface area contributed by atoms with Gasteiger partial charge in [-0.3, -0.25) is 0 Å². The summed E-state index contributed by atoms with van der Waals surface area (Å²) in [5.74, 6) is 0.721. The Kier molecular flexibility index (Phi) is 4.73. The van der Waals surface area contributed by atoms with E-state index in [-0.39, 0.29) is 5.84 Å². The van der Waals surface area contributed by atoms with E-state index in [1.54, 1.807) is 6.07 Å². The molecule has 1 aliphatic heterocycles. The molecule has 1 saturated heterocycles. The minimum Gasteiger partial charge on any atom is -0.409 e. The highest BCUT2D eigenvalue weighted by atomic mass is 35.5. The lowest BCUT2D eigenvalue weighted by molar-refractivity contribution is 0.318. The first kappa shape index (κ1) is 14.9. The van der Waals surface area contributed by atoms with Gasteiger partial charge in [-0.25, -0.2) is 0 Å². The Hall–Kier alpha value is -1.46. The first-order valence-corrected chi connectivity index (χ1v) is 7.06. The molecule has 0 aromatic heterocycles. The molecule has 2 rings (SSSR count). The molecular formula is C14H21ClN4O. The summed E-state index contributed by atoms with van der Waals surface area (Å²) in [6.07, 6.45) is 1.20. The lowest BCUT2D eigenvalue weighted by Crippen LogP contribution is -2.29. The second-order valence-electron chi connectivity index (χ2n) is 5.44. The third-order valence-corrected chi connectivity index (χ3v) is 4.01. The number of oxime groups is 1. The van der Waals surface area contributed by atoms with Gasteiger partial charge in [0.25, 0.3) is 0 Å². The number of nitrogens with zero attached hydrogens (tertiary/aromatic N) is 3. The molecule has 1 atom stereocenters. The van der Waals surface area contributed by atoms with Gasteiger partial charge in [-0.1, -0.05) is 16.8 Å². The standard InChI is InChI=1S/C14H21ClN4O/c1-18-6-5-10(8-18)9-19(2)13-4-3-11(15)7-12(13)14(16)17-20/h3-4,7,10,20H,5-6,8-9H2,1-2H3,(H2,16,17). The number of anilines is 1. The highest BCUT2D eigenvalue weighted by Crippen LogP contribution is 2.25. The summed E-state index contributed by atoms with van der Waals surface area (Å²) in [7, 11) is 4.17. The third kappa shape index (κ3) is 3.35. The SMILES string of the molecule is CN1CCC(CN(C)c2ccc(Cl)cc2C(N)=NO)C1. The second-order valence-corrected chi connectivity index (χ2v) is 5.88. The predicted octanol–water partition coefficient (Wildman–Crippen LogP) is 1.82. The maximum absolute atomic E-state index is 8.90. The van der Waals surface area contributed by atoms with Crippen molar-refractivity contribution in [1.82, 2.24) is 4.90 Å². The summed E-state index contributed by atoms with van der Waals surface area (Å²) >= 11 is 5.99.